The lowest BCUT2D eigenvalue weighted by Gasteiger charge is -2.23. The first-order chi connectivity index (χ1) is 12.3. The number of rotatable bonds is 5. The maximum Gasteiger partial charge on any atom is 0.325 e. The van der Waals surface area contributed by atoms with Crippen molar-refractivity contribution >= 4 is 41.0 Å². The summed E-state index contributed by atoms with van der Waals surface area (Å²) < 4.78 is 5.43. The van der Waals surface area contributed by atoms with Gasteiger partial charge in [0.1, 0.15) is 12.1 Å². The highest BCUT2D eigenvalue weighted by Crippen LogP contribution is 2.34. The Labute approximate surface area is 160 Å². The normalized spacial score (nSPS) is 25.5. The molecule has 2 atom stereocenters. The number of halogens is 2. The van der Waals surface area contributed by atoms with Crippen LogP contribution in [-0.4, -0.2) is 48.5 Å². The summed E-state index contributed by atoms with van der Waals surface area (Å²) in [6.45, 7) is 2.24. The van der Waals surface area contributed by atoms with Crippen molar-refractivity contribution in [2.45, 2.75) is 31.4 Å². The van der Waals surface area contributed by atoms with Gasteiger partial charge in [-0.15, -0.1) is 0 Å². The number of amides is 4. The molecule has 2 aliphatic rings. The number of carbonyl (C=O) groups is 3. The molecule has 7 nitrogen and oxygen atoms in total. The summed E-state index contributed by atoms with van der Waals surface area (Å²) in [6.07, 6.45) is 1.84. The van der Waals surface area contributed by atoms with Gasteiger partial charge >= 0.3 is 6.03 Å². The van der Waals surface area contributed by atoms with Crippen LogP contribution >= 0.6 is 23.2 Å². The van der Waals surface area contributed by atoms with E-state index in [0.717, 1.165) is 17.7 Å². The first kappa shape index (κ1) is 18.9. The fourth-order valence-electron chi connectivity index (χ4n) is 3.15. The van der Waals surface area contributed by atoms with E-state index in [1.165, 1.54) is 6.07 Å². The Hall–Kier alpha value is -1.83. The number of benzene rings is 1. The molecule has 2 saturated heterocycles. The molecule has 0 aromatic heterocycles. The van der Waals surface area contributed by atoms with Crippen LogP contribution in [0.1, 0.15) is 25.3 Å². The number of nitrogens with zero attached hydrogens (tertiary/aromatic N) is 1. The second-order valence-electron chi connectivity index (χ2n) is 6.51. The van der Waals surface area contributed by atoms with Crippen molar-refractivity contribution in [1.82, 2.24) is 15.5 Å². The number of hydrogen-bond acceptors (Lipinski definition) is 4. The van der Waals surface area contributed by atoms with E-state index in [4.69, 9.17) is 27.9 Å². The molecule has 0 radical (unpaired) electrons. The Morgan fingerprint density at radius 1 is 1.42 bits per heavy atom. The molecule has 0 spiro atoms. The third-order valence-corrected chi connectivity index (χ3v) is 5.15. The predicted molar refractivity (Wildman–Crippen MR) is 96.0 cm³/mol. The standard InChI is InChI=1S/C17H19Cl2N3O4/c1-17(12-5-4-10(18)7-13(12)19)15(24)22(16(25)21-17)9-14(23)20-8-11-3-2-6-26-11/h4-5,7,11H,2-3,6,8-9H2,1H3,(H,20,23)(H,21,25)/t11-,17+/m0/s1. The largest absolute Gasteiger partial charge is 0.376 e. The monoisotopic (exact) mass is 399 g/mol. The summed E-state index contributed by atoms with van der Waals surface area (Å²) in [5.74, 6) is -0.963. The van der Waals surface area contributed by atoms with Gasteiger partial charge in [0, 0.05) is 28.8 Å². The number of urea groups is 1. The molecule has 2 fully saturated rings. The summed E-state index contributed by atoms with van der Waals surface area (Å²) in [4.78, 5) is 38.1. The van der Waals surface area contributed by atoms with Crippen LogP contribution < -0.4 is 10.6 Å². The molecule has 4 amide bonds. The number of nitrogens with one attached hydrogen (secondary N) is 2. The Bertz CT molecular complexity index is 752. The minimum absolute atomic E-state index is 0.0137. The van der Waals surface area contributed by atoms with Gasteiger partial charge < -0.3 is 15.4 Å². The zero-order chi connectivity index (χ0) is 18.9. The van der Waals surface area contributed by atoms with E-state index >= 15 is 0 Å². The van der Waals surface area contributed by atoms with Crippen LogP contribution in [0.2, 0.25) is 10.0 Å². The third kappa shape index (κ3) is 3.65. The molecule has 0 bridgehead atoms. The van der Waals surface area contributed by atoms with Crippen LogP contribution in [0.15, 0.2) is 18.2 Å². The average Bonchev–Trinajstić information content (AvgIpc) is 3.16. The number of carbonyl (C=O) groups excluding carboxylic acids is 3. The maximum atomic E-state index is 12.8. The van der Waals surface area contributed by atoms with Gasteiger partial charge in [0.2, 0.25) is 5.91 Å². The maximum absolute atomic E-state index is 12.8. The van der Waals surface area contributed by atoms with E-state index in [1.807, 2.05) is 0 Å². The minimum Gasteiger partial charge on any atom is -0.376 e. The first-order valence-corrected chi connectivity index (χ1v) is 9.05. The highest BCUT2D eigenvalue weighted by Gasteiger charge is 2.50. The van der Waals surface area contributed by atoms with Gasteiger partial charge in [0.15, 0.2) is 0 Å². The molecule has 1 aromatic rings. The van der Waals surface area contributed by atoms with Gasteiger partial charge in [0.05, 0.1) is 6.10 Å². The minimum atomic E-state index is -1.35. The lowest BCUT2D eigenvalue weighted by molar-refractivity contribution is -0.134. The molecular formula is C17H19Cl2N3O4. The van der Waals surface area contributed by atoms with Crippen molar-refractivity contribution in [2.24, 2.45) is 0 Å². The molecule has 0 aliphatic carbocycles. The van der Waals surface area contributed by atoms with Crippen LogP contribution in [0, 0.1) is 0 Å². The van der Waals surface area contributed by atoms with E-state index in [2.05, 4.69) is 10.6 Å². The first-order valence-electron chi connectivity index (χ1n) is 8.29. The highest BCUT2D eigenvalue weighted by molar-refractivity contribution is 6.35. The molecule has 1 aromatic carbocycles. The van der Waals surface area contributed by atoms with Gasteiger partial charge in [-0.3, -0.25) is 14.5 Å². The topological polar surface area (TPSA) is 87.7 Å². The fourth-order valence-corrected chi connectivity index (χ4v) is 3.75. The second kappa shape index (κ2) is 7.42. The zero-order valence-electron chi connectivity index (χ0n) is 14.2. The van der Waals surface area contributed by atoms with E-state index in [9.17, 15) is 14.4 Å². The molecule has 2 N–H and O–H groups in total. The Balaban J connectivity index is 1.68. The van der Waals surface area contributed by atoms with Crippen LogP contribution in [0.4, 0.5) is 4.79 Å². The summed E-state index contributed by atoms with van der Waals surface area (Å²) in [7, 11) is 0. The molecule has 2 aliphatic heterocycles. The van der Waals surface area contributed by atoms with Gasteiger partial charge in [0.25, 0.3) is 5.91 Å². The average molecular weight is 400 g/mol. The molecule has 2 heterocycles. The van der Waals surface area contributed by atoms with Gasteiger partial charge in [-0.1, -0.05) is 29.3 Å². The zero-order valence-corrected chi connectivity index (χ0v) is 15.7. The van der Waals surface area contributed by atoms with E-state index in [1.54, 1.807) is 19.1 Å². The lowest BCUT2D eigenvalue weighted by Crippen LogP contribution is -2.44. The van der Waals surface area contributed by atoms with E-state index in [-0.39, 0.29) is 17.7 Å². The summed E-state index contributed by atoms with van der Waals surface area (Å²) >= 11 is 12.1. The molecule has 0 saturated carbocycles. The SMILES string of the molecule is C[C@]1(c2ccc(Cl)cc2Cl)NC(=O)N(CC(=O)NC[C@@H]2CCCO2)C1=O. The van der Waals surface area contributed by atoms with Crippen molar-refractivity contribution < 1.29 is 19.1 Å². The molecule has 3 rings (SSSR count). The molecule has 9 heteroatoms. The van der Waals surface area contributed by atoms with E-state index in [0.29, 0.717) is 23.7 Å². The highest BCUT2D eigenvalue weighted by atomic mass is 35.5. The van der Waals surface area contributed by atoms with E-state index < -0.39 is 23.4 Å². The molecule has 26 heavy (non-hydrogen) atoms. The van der Waals surface area contributed by atoms with Crippen LogP contribution in [0.5, 0.6) is 0 Å². The Kier molecular flexibility index (Phi) is 5.41. The molecular weight excluding hydrogens is 381 g/mol. The Morgan fingerprint density at radius 3 is 2.85 bits per heavy atom. The summed E-state index contributed by atoms with van der Waals surface area (Å²) in [6, 6.07) is 4.03. The van der Waals surface area contributed by atoms with Crippen molar-refractivity contribution in [3.8, 4) is 0 Å². The van der Waals surface area contributed by atoms with Gasteiger partial charge in [-0.2, -0.15) is 0 Å². The van der Waals surface area contributed by atoms with Crippen molar-refractivity contribution in [1.29, 1.82) is 0 Å². The number of hydrogen-bond donors (Lipinski definition) is 2. The number of ether oxygens (including phenoxy) is 1. The molecule has 0 unspecified atom stereocenters. The smallest absolute Gasteiger partial charge is 0.325 e. The van der Waals surface area contributed by atoms with Crippen molar-refractivity contribution in [3.05, 3.63) is 33.8 Å². The van der Waals surface area contributed by atoms with Crippen LogP contribution in [-0.2, 0) is 19.9 Å². The lowest BCUT2D eigenvalue weighted by atomic mass is 9.92. The van der Waals surface area contributed by atoms with Crippen LogP contribution in [0.25, 0.3) is 0 Å². The number of imide groups is 1. The quantitative estimate of drug-likeness (QED) is 0.741. The second-order valence-corrected chi connectivity index (χ2v) is 7.35. The van der Waals surface area contributed by atoms with Crippen LogP contribution in [0.3, 0.4) is 0 Å². The summed E-state index contributed by atoms with van der Waals surface area (Å²) in [5.41, 5.74) is -0.933. The summed E-state index contributed by atoms with van der Waals surface area (Å²) in [5, 5.41) is 5.99. The fraction of sp³-hybridized carbons (Fsp3) is 0.471. The van der Waals surface area contributed by atoms with Gasteiger partial charge in [-0.25, -0.2) is 4.79 Å². The third-order valence-electron chi connectivity index (χ3n) is 4.60. The Morgan fingerprint density at radius 2 is 2.19 bits per heavy atom. The van der Waals surface area contributed by atoms with Crippen molar-refractivity contribution in [2.75, 3.05) is 19.7 Å². The van der Waals surface area contributed by atoms with Crippen molar-refractivity contribution in [3.63, 3.8) is 0 Å². The van der Waals surface area contributed by atoms with Gasteiger partial charge in [-0.05, 0) is 31.9 Å². The predicted octanol–water partition coefficient (Wildman–Crippen LogP) is 2.06. The molecule has 140 valence electrons.